The van der Waals surface area contributed by atoms with Gasteiger partial charge in [0.1, 0.15) is 17.9 Å². The van der Waals surface area contributed by atoms with Crippen molar-refractivity contribution < 1.29 is 28.7 Å². The Labute approximate surface area is 491 Å². The van der Waals surface area contributed by atoms with Crippen molar-refractivity contribution in [2.45, 2.75) is 135 Å². The second-order valence-corrected chi connectivity index (χ2v) is 19.8. The highest BCUT2D eigenvalue weighted by atomic mass is 32.1. The Morgan fingerprint density at radius 3 is 1.61 bits per heavy atom. The number of benzene rings is 3. The largest absolute Gasteiger partial charge is 0.453 e. The fourth-order valence-electron chi connectivity index (χ4n) is 11.8. The number of carbonyl (C=O) groups is 4. The molecule has 412 valence electrons. The predicted octanol–water partition coefficient (Wildman–Crippen LogP) is 9.58. The molecule has 74 heavy (non-hydrogen) atoms. The normalized spacial score (nSPS) is 22.1. The first kappa shape index (κ1) is 68.8. The zero-order valence-electron chi connectivity index (χ0n) is 43.0. The molecule has 4 amide bonds. The van der Waals surface area contributed by atoms with Gasteiger partial charge in [-0.1, -0.05) is 83.7 Å². The molecule has 8 atom stereocenters. The molecule has 0 radical (unpaired) electrons. The van der Waals surface area contributed by atoms with Crippen LogP contribution in [0.2, 0.25) is 0 Å². The van der Waals surface area contributed by atoms with E-state index in [-0.39, 0.29) is 161 Å². The molecule has 3 N–H and O–H groups in total. The summed E-state index contributed by atoms with van der Waals surface area (Å²) in [5.74, 6) is 0.638. The van der Waals surface area contributed by atoms with Gasteiger partial charge >= 0.3 is 12.2 Å². The van der Waals surface area contributed by atoms with E-state index in [4.69, 9.17) is 19.5 Å². The summed E-state index contributed by atoms with van der Waals surface area (Å²) in [7, 11) is 2.61. The van der Waals surface area contributed by atoms with Crippen molar-refractivity contribution in [2.75, 3.05) is 14.2 Å². The Kier molecular flexibility index (Phi) is 27.4. The number of hydrogen-bond acceptors (Lipinski definition) is 9. The third-order valence-electron chi connectivity index (χ3n) is 15.2. The zero-order valence-corrected chi connectivity index (χ0v) is 51.0. The highest BCUT2D eigenvalue weighted by Gasteiger charge is 2.50. The topological polar surface area (TPSA) is 175 Å². The van der Waals surface area contributed by atoms with Gasteiger partial charge in [-0.05, 0) is 119 Å². The SMILES string of the molecule is COC(=O)N[C@H](C(=O)N1[C@H](C2=NC=C(c3ccc4cc(-c5ccc6c(=O)[nH]c([C@@H]7C[C@@H]8CCCC[C@@H]8N7C(=O)[C@@H](NC(=O)OC)C(C)C)nc6c5)ccc4c3)C2)C[C@@H]2CCCC[C@@H]21)C(C)C.S.S.S.S.S.S.S.S. The third-order valence-corrected chi connectivity index (χ3v) is 15.2. The number of rotatable bonds is 10. The molecule has 22 heteroatoms. The molecule has 14 nitrogen and oxygen atoms in total. The third kappa shape index (κ3) is 13.9. The number of amides is 4. The summed E-state index contributed by atoms with van der Waals surface area (Å²) < 4.78 is 9.77. The molecule has 0 unspecified atom stereocenters. The lowest BCUT2D eigenvalue weighted by Gasteiger charge is -2.37. The Hall–Kier alpha value is -3.25. The molecule has 9 rings (SSSR count). The van der Waals surface area contributed by atoms with E-state index in [1.807, 2.05) is 57.0 Å². The molecule has 4 aromatic rings. The lowest BCUT2D eigenvalue weighted by Crippen LogP contribution is -2.56. The maximum absolute atomic E-state index is 14.4. The van der Waals surface area contributed by atoms with Crippen LogP contribution in [0.15, 0.2) is 70.6 Å². The van der Waals surface area contributed by atoms with Crippen LogP contribution >= 0.6 is 108 Å². The molecule has 2 aliphatic carbocycles. The van der Waals surface area contributed by atoms with Gasteiger partial charge in [-0.2, -0.15) is 108 Å². The van der Waals surface area contributed by atoms with Crippen LogP contribution in [-0.2, 0) is 19.1 Å². The van der Waals surface area contributed by atoms with Crippen molar-refractivity contribution in [3.8, 4) is 11.1 Å². The number of methoxy groups -OCH3 is 2. The van der Waals surface area contributed by atoms with Crippen LogP contribution in [0.4, 0.5) is 9.59 Å². The smallest absolute Gasteiger partial charge is 0.407 e. The van der Waals surface area contributed by atoms with Gasteiger partial charge in [-0.3, -0.25) is 19.4 Å². The Balaban J connectivity index is 0.00000342. The number of carbonyl (C=O) groups excluding carboxylic acids is 4. The minimum atomic E-state index is -0.782. The first-order valence-corrected chi connectivity index (χ1v) is 24.0. The summed E-state index contributed by atoms with van der Waals surface area (Å²) >= 11 is 0. The molecule has 4 fully saturated rings. The highest BCUT2D eigenvalue weighted by molar-refractivity contribution is 7.60. The van der Waals surface area contributed by atoms with Gasteiger partial charge in [0.25, 0.3) is 5.56 Å². The second-order valence-electron chi connectivity index (χ2n) is 19.8. The molecule has 0 spiro atoms. The van der Waals surface area contributed by atoms with Crippen molar-refractivity contribution in [2.24, 2.45) is 28.7 Å². The number of alkyl carbamates (subject to hydrolysis) is 2. The molecule has 0 bridgehead atoms. The molecule has 2 saturated heterocycles. The molecule has 5 aliphatic rings. The van der Waals surface area contributed by atoms with Crippen LogP contribution in [-0.4, -0.2) is 93.9 Å². The van der Waals surface area contributed by atoms with Crippen molar-refractivity contribution >= 4 is 165 Å². The van der Waals surface area contributed by atoms with Gasteiger partial charge in [-0.25, -0.2) is 14.6 Å². The first-order valence-electron chi connectivity index (χ1n) is 24.0. The van der Waals surface area contributed by atoms with Crippen LogP contribution in [0.3, 0.4) is 0 Å². The van der Waals surface area contributed by atoms with E-state index in [0.29, 0.717) is 35.5 Å². The summed E-state index contributed by atoms with van der Waals surface area (Å²) in [6.45, 7) is 7.71. The van der Waals surface area contributed by atoms with Gasteiger partial charge in [0.15, 0.2) is 0 Å². The standard InChI is InChI=1S/C52H63N7O7.8H2S/c1-28(2)45(55-51(63)65-5)49(61)58-41-13-9-7-11-35(41)25-43(58)40-24-37(27-53-40)33-18-17-30-21-32(16-15-31(30)22-33)34-19-20-38-39(23-34)54-47(57-48(38)60)44-26-36-12-8-10-14-42(36)59(44)50(62)46(29(3)4)56-52(64)66-6;;;;;;;;/h15-23,27-29,35-36,41-46H,7-14,24-26H2,1-6H3,(H,55,63)(H,56,64)(H,54,57,60);8*1H2/t35-,36-,41-,42-,43-,44-,45-,46-;;;;;;;;/m0......../s1. The summed E-state index contributed by atoms with van der Waals surface area (Å²) in [5.41, 5.74) is 5.39. The predicted molar refractivity (Wildman–Crippen MR) is 338 cm³/mol. The van der Waals surface area contributed by atoms with Crippen LogP contribution in [0.5, 0.6) is 0 Å². The fourth-order valence-corrected chi connectivity index (χ4v) is 11.8. The van der Waals surface area contributed by atoms with Crippen molar-refractivity contribution in [1.29, 1.82) is 0 Å². The Morgan fingerprint density at radius 2 is 1.08 bits per heavy atom. The lowest BCUT2D eigenvalue weighted by molar-refractivity contribution is -0.138. The second kappa shape index (κ2) is 29.5. The van der Waals surface area contributed by atoms with E-state index in [1.54, 1.807) is 0 Å². The fraction of sp³-hybridized carbons (Fsp3) is 0.519. The van der Waals surface area contributed by atoms with E-state index >= 15 is 0 Å². The number of allylic oxidation sites excluding steroid dienone is 1. The monoisotopic (exact) mass is 1170 g/mol. The molecule has 4 heterocycles. The van der Waals surface area contributed by atoms with E-state index < -0.39 is 30.3 Å². The van der Waals surface area contributed by atoms with E-state index in [1.165, 1.54) is 20.6 Å². The number of aromatic nitrogens is 2. The summed E-state index contributed by atoms with van der Waals surface area (Å²) in [4.78, 5) is 84.1. The first-order chi connectivity index (χ1) is 31.8. The number of nitrogens with one attached hydrogen (secondary N) is 3. The molecule has 3 aromatic carbocycles. The van der Waals surface area contributed by atoms with Crippen LogP contribution in [0, 0.1) is 23.7 Å². The van der Waals surface area contributed by atoms with Crippen molar-refractivity contribution in [3.05, 3.63) is 82.5 Å². The van der Waals surface area contributed by atoms with Crippen LogP contribution in [0.1, 0.15) is 116 Å². The minimum Gasteiger partial charge on any atom is -0.453 e. The van der Waals surface area contributed by atoms with Gasteiger partial charge < -0.3 is 34.9 Å². The molecular weight excluding hydrogens is 1090 g/mol. The van der Waals surface area contributed by atoms with E-state index in [9.17, 15) is 24.0 Å². The lowest BCUT2D eigenvalue weighted by atomic mass is 9.84. The number of likely N-dealkylation sites (tertiary alicyclic amines) is 2. The maximum atomic E-state index is 14.4. The number of nitrogens with zero attached hydrogens (tertiary/aromatic N) is 4. The van der Waals surface area contributed by atoms with Gasteiger partial charge in [-0.15, -0.1) is 0 Å². The zero-order chi connectivity index (χ0) is 46.4. The van der Waals surface area contributed by atoms with Crippen molar-refractivity contribution in [3.63, 3.8) is 0 Å². The average Bonchev–Trinajstić information content (AvgIpc) is 4.07. The van der Waals surface area contributed by atoms with Gasteiger partial charge in [0.05, 0.1) is 37.2 Å². The molecular formula is C52H79N7O7S8. The summed E-state index contributed by atoms with van der Waals surface area (Å²) in [6.07, 6.45) is 11.2. The van der Waals surface area contributed by atoms with Gasteiger partial charge in [0.2, 0.25) is 11.8 Å². The van der Waals surface area contributed by atoms with E-state index in [0.717, 1.165) is 90.1 Å². The van der Waals surface area contributed by atoms with Gasteiger partial charge in [0, 0.05) is 30.4 Å². The van der Waals surface area contributed by atoms with E-state index in [2.05, 4.69) is 56.9 Å². The number of aliphatic imine (C=N–C) groups is 1. The number of H-pyrrole nitrogens is 1. The quantitative estimate of drug-likeness (QED) is 0.141. The van der Waals surface area contributed by atoms with Crippen LogP contribution in [0.25, 0.3) is 38.4 Å². The number of fused-ring (bicyclic) bond motifs is 4. The van der Waals surface area contributed by atoms with Crippen LogP contribution < -0.4 is 16.2 Å². The molecule has 2 saturated carbocycles. The number of hydrogen-bond donors (Lipinski definition) is 3. The minimum absolute atomic E-state index is 0. The van der Waals surface area contributed by atoms with Crippen molar-refractivity contribution in [1.82, 2.24) is 30.4 Å². The summed E-state index contributed by atoms with van der Waals surface area (Å²) in [6, 6.07) is 16.7. The average molecular weight is 1170 g/mol. The Morgan fingerprint density at radius 1 is 0.622 bits per heavy atom. The highest BCUT2D eigenvalue weighted by Crippen LogP contribution is 2.47. The Bertz CT molecular complexity index is 2710. The molecule has 1 aromatic heterocycles. The molecule has 3 aliphatic heterocycles. The number of aromatic amines is 1. The number of ether oxygens (including phenoxy) is 2. The maximum Gasteiger partial charge on any atom is 0.407 e. The summed E-state index contributed by atoms with van der Waals surface area (Å²) in [5, 5.41) is 8.20.